The second kappa shape index (κ2) is 13.3. The Morgan fingerprint density at radius 1 is 1.03 bits per heavy atom. The highest BCUT2D eigenvalue weighted by atomic mass is 127. The summed E-state index contributed by atoms with van der Waals surface area (Å²) in [6.45, 7) is 5.76. The summed E-state index contributed by atoms with van der Waals surface area (Å²) >= 11 is 0. The summed E-state index contributed by atoms with van der Waals surface area (Å²) in [5.41, 5.74) is 2.49. The SMILES string of the molecule is CN=C(NCCCOc1ccccc1)NCc1ccc(N2CCOCC2)cc1.I. The van der Waals surface area contributed by atoms with Crippen LogP contribution in [0.2, 0.25) is 0 Å². The van der Waals surface area contributed by atoms with E-state index in [0.717, 1.165) is 57.5 Å². The predicted octanol–water partition coefficient (Wildman–Crippen LogP) is 3.28. The molecule has 0 unspecified atom stereocenters. The number of para-hydroxylation sites is 1. The lowest BCUT2D eigenvalue weighted by molar-refractivity contribution is 0.122. The Bertz CT molecular complexity index is 719. The Labute approximate surface area is 190 Å². The van der Waals surface area contributed by atoms with Gasteiger partial charge in [0.05, 0.1) is 19.8 Å². The molecule has 2 N–H and O–H groups in total. The molecule has 7 heteroatoms. The maximum atomic E-state index is 5.70. The summed E-state index contributed by atoms with van der Waals surface area (Å²) in [4.78, 5) is 6.64. The fraction of sp³-hybridized carbons (Fsp3) is 0.409. The number of ether oxygens (including phenoxy) is 2. The number of hydrogen-bond donors (Lipinski definition) is 2. The second-order valence-corrected chi connectivity index (χ2v) is 6.63. The molecule has 158 valence electrons. The summed E-state index contributed by atoms with van der Waals surface area (Å²) in [7, 11) is 1.79. The lowest BCUT2D eigenvalue weighted by atomic mass is 10.2. The van der Waals surface area contributed by atoms with Crippen molar-refractivity contribution in [3.8, 4) is 5.75 Å². The van der Waals surface area contributed by atoms with Crippen molar-refractivity contribution in [1.29, 1.82) is 0 Å². The van der Waals surface area contributed by atoms with Crippen molar-refractivity contribution in [3.05, 3.63) is 60.2 Å². The number of aliphatic imine (C=N–C) groups is 1. The van der Waals surface area contributed by atoms with Gasteiger partial charge >= 0.3 is 0 Å². The Balaban J connectivity index is 0.00000300. The molecule has 0 saturated carbocycles. The quantitative estimate of drug-likeness (QED) is 0.247. The molecule has 0 atom stereocenters. The molecule has 2 aromatic carbocycles. The van der Waals surface area contributed by atoms with Crippen LogP contribution in [-0.2, 0) is 11.3 Å². The maximum absolute atomic E-state index is 5.70. The Morgan fingerprint density at radius 3 is 2.45 bits per heavy atom. The monoisotopic (exact) mass is 510 g/mol. The molecule has 1 aliphatic heterocycles. The zero-order valence-electron chi connectivity index (χ0n) is 17.0. The van der Waals surface area contributed by atoms with Gasteiger partial charge in [-0.1, -0.05) is 30.3 Å². The van der Waals surface area contributed by atoms with Crippen LogP contribution >= 0.6 is 24.0 Å². The van der Waals surface area contributed by atoms with E-state index in [0.29, 0.717) is 6.61 Å². The van der Waals surface area contributed by atoms with Crippen LogP contribution in [0, 0.1) is 0 Å². The van der Waals surface area contributed by atoms with Gasteiger partial charge in [0, 0.05) is 38.9 Å². The van der Waals surface area contributed by atoms with E-state index < -0.39 is 0 Å². The third kappa shape index (κ3) is 8.10. The van der Waals surface area contributed by atoms with Crippen molar-refractivity contribution in [2.24, 2.45) is 4.99 Å². The van der Waals surface area contributed by atoms with E-state index in [1.54, 1.807) is 7.05 Å². The molecular weight excluding hydrogens is 479 g/mol. The molecule has 0 radical (unpaired) electrons. The van der Waals surface area contributed by atoms with E-state index in [1.807, 2.05) is 30.3 Å². The van der Waals surface area contributed by atoms with Gasteiger partial charge < -0.3 is 25.0 Å². The third-order valence-corrected chi connectivity index (χ3v) is 4.62. The van der Waals surface area contributed by atoms with Crippen molar-refractivity contribution in [1.82, 2.24) is 10.6 Å². The number of anilines is 1. The van der Waals surface area contributed by atoms with E-state index in [-0.39, 0.29) is 24.0 Å². The van der Waals surface area contributed by atoms with Crippen LogP contribution < -0.4 is 20.3 Å². The van der Waals surface area contributed by atoms with Gasteiger partial charge in [0.2, 0.25) is 0 Å². The molecule has 1 heterocycles. The first-order valence-corrected chi connectivity index (χ1v) is 9.89. The minimum absolute atomic E-state index is 0. The number of nitrogens with one attached hydrogen (secondary N) is 2. The van der Waals surface area contributed by atoms with Crippen LogP contribution in [0.3, 0.4) is 0 Å². The number of morpholine rings is 1. The summed E-state index contributed by atoms with van der Waals surface area (Å²) in [5, 5.41) is 6.68. The summed E-state index contributed by atoms with van der Waals surface area (Å²) in [6, 6.07) is 18.6. The number of halogens is 1. The highest BCUT2D eigenvalue weighted by Gasteiger charge is 2.10. The normalized spacial score (nSPS) is 14.1. The van der Waals surface area contributed by atoms with E-state index >= 15 is 0 Å². The second-order valence-electron chi connectivity index (χ2n) is 6.63. The van der Waals surface area contributed by atoms with E-state index in [4.69, 9.17) is 9.47 Å². The summed E-state index contributed by atoms with van der Waals surface area (Å²) in [5.74, 6) is 1.71. The van der Waals surface area contributed by atoms with Crippen LogP contribution in [0.25, 0.3) is 0 Å². The first kappa shape index (κ1) is 23.3. The average molecular weight is 510 g/mol. The van der Waals surface area contributed by atoms with Gasteiger partial charge in [0.1, 0.15) is 5.75 Å². The number of guanidine groups is 1. The molecule has 0 amide bonds. The fourth-order valence-electron chi connectivity index (χ4n) is 3.04. The van der Waals surface area contributed by atoms with Crippen molar-refractivity contribution in [2.45, 2.75) is 13.0 Å². The Morgan fingerprint density at radius 2 is 1.76 bits per heavy atom. The number of nitrogens with zero attached hydrogens (tertiary/aromatic N) is 2. The van der Waals surface area contributed by atoms with E-state index in [9.17, 15) is 0 Å². The van der Waals surface area contributed by atoms with Gasteiger partial charge in [-0.05, 0) is 36.2 Å². The largest absolute Gasteiger partial charge is 0.494 e. The smallest absolute Gasteiger partial charge is 0.191 e. The molecule has 1 aliphatic rings. The molecular formula is C22H31IN4O2. The highest BCUT2D eigenvalue weighted by Crippen LogP contribution is 2.16. The Hall–Kier alpha value is -2.00. The van der Waals surface area contributed by atoms with Crippen LogP contribution in [-0.4, -0.2) is 52.5 Å². The number of benzene rings is 2. The van der Waals surface area contributed by atoms with E-state index in [2.05, 4.69) is 44.8 Å². The maximum Gasteiger partial charge on any atom is 0.191 e. The molecule has 0 aromatic heterocycles. The van der Waals surface area contributed by atoms with Gasteiger partial charge in [-0.25, -0.2) is 0 Å². The minimum atomic E-state index is 0. The highest BCUT2D eigenvalue weighted by molar-refractivity contribution is 14.0. The van der Waals surface area contributed by atoms with Gasteiger partial charge in [0.15, 0.2) is 5.96 Å². The first-order valence-electron chi connectivity index (χ1n) is 9.89. The molecule has 0 bridgehead atoms. The fourth-order valence-corrected chi connectivity index (χ4v) is 3.04. The molecule has 1 fully saturated rings. The average Bonchev–Trinajstić information content (AvgIpc) is 2.77. The van der Waals surface area contributed by atoms with Gasteiger partial charge in [-0.2, -0.15) is 0 Å². The first-order chi connectivity index (χ1) is 13.8. The summed E-state index contributed by atoms with van der Waals surface area (Å²) in [6.07, 6.45) is 0.907. The van der Waals surface area contributed by atoms with Gasteiger partial charge in [0.25, 0.3) is 0 Å². The van der Waals surface area contributed by atoms with Gasteiger partial charge in [-0.3, -0.25) is 4.99 Å². The standard InChI is InChI=1S/C22H30N4O2.HI/c1-23-22(24-12-5-15-28-21-6-3-2-4-7-21)25-18-19-8-10-20(11-9-19)26-13-16-27-17-14-26;/h2-4,6-11H,5,12-18H2,1H3,(H2,23,24,25);1H. The van der Waals surface area contributed by atoms with Crippen molar-refractivity contribution in [2.75, 3.05) is 51.4 Å². The van der Waals surface area contributed by atoms with Crippen LogP contribution in [0.5, 0.6) is 5.75 Å². The molecule has 29 heavy (non-hydrogen) atoms. The predicted molar refractivity (Wildman–Crippen MR) is 130 cm³/mol. The van der Waals surface area contributed by atoms with Crippen molar-refractivity contribution < 1.29 is 9.47 Å². The summed E-state index contributed by atoms with van der Waals surface area (Å²) < 4.78 is 11.1. The number of hydrogen-bond acceptors (Lipinski definition) is 4. The van der Waals surface area contributed by atoms with E-state index in [1.165, 1.54) is 11.3 Å². The zero-order valence-corrected chi connectivity index (χ0v) is 19.3. The lowest BCUT2D eigenvalue weighted by Gasteiger charge is -2.28. The minimum Gasteiger partial charge on any atom is -0.494 e. The Kier molecular flexibility index (Phi) is 10.6. The van der Waals surface area contributed by atoms with Gasteiger partial charge in [-0.15, -0.1) is 24.0 Å². The molecule has 0 spiro atoms. The zero-order chi connectivity index (χ0) is 19.4. The van der Waals surface area contributed by atoms with Crippen LogP contribution in [0.4, 0.5) is 5.69 Å². The van der Waals surface area contributed by atoms with Crippen LogP contribution in [0.1, 0.15) is 12.0 Å². The molecule has 6 nitrogen and oxygen atoms in total. The third-order valence-electron chi connectivity index (χ3n) is 4.62. The van der Waals surface area contributed by atoms with Crippen molar-refractivity contribution >= 4 is 35.6 Å². The lowest BCUT2D eigenvalue weighted by Crippen LogP contribution is -2.37. The van der Waals surface area contributed by atoms with Crippen molar-refractivity contribution in [3.63, 3.8) is 0 Å². The molecule has 1 saturated heterocycles. The molecule has 2 aromatic rings. The molecule has 3 rings (SSSR count). The topological polar surface area (TPSA) is 58.1 Å². The number of rotatable bonds is 8. The molecule has 0 aliphatic carbocycles. The van der Waals surface area contributed by atoms with Crippen LogP contribution in [0.15, 0.2) is 59.6 Å².